The molecule has 2 aromatic rings. The van der Waals surface area contributed by atoms with E-state index in [1.807, 2.05) is 18.1 Å². The molecule has 1 amide bonds. The van der Waals surface area contributed by atoms with E-state index in [1.54, 1.807) is 22.8 Å². The summed E-state index contributed by atoms with van der Waals surface area (Å²) in [4.78, 5) is 20.9. The number of aromatic nitrogens is 2. The van der Waals surface area contributed by atoms with Crippen molar-refractivity contribution in [2.24, 2.45) is 12.0 Å². The molecule has 1 aliphatic heterocycles. The SMILES string of the molecule is CN=C(NC1CC1c1ccccc1C)N1CCN(c2cnn(C)c2)C(=O)C1. The standard InChI is InChI=1S/C20H26N6O/c1-14-6-4-5-7-16(14)17-10-18(17)23-20(21-2)25-8-9-26(19(27)13-25)15-11-22-24(3)12-15/h4-7,11-12,17-18H,8-10,13H2,1-3H3,(H,21,23). The molecule has 1 aromatic carbocycles. The van der Waals surface area contributed by atoms with Gasteiger partial charge in [0, 0.05) is 45.3 Å². The zero-order valence-corrected chi connectivity index (χ0v) is 16.1. The van der Waals surface area contributed by atoms with Crippen LogP contribution in [0.15, 0.2) is 41.7 Å². The Morgan fingerprint density at radius 3 is 2.78 bits per heavy atom. The summed E-state index contributed by atoms with van der Waals surface area (Å²) < 4.78 is 1.72. The average molecular weight is 366 g/mol. The van der Waals surface area contributed by atoms with Gasteiger partial charge >= 0.3 is 0 Å². The highest BCUT2D eigenvalue weighted by Crippen LogP contribution is 2.42. The highest BCUT2D eigenvalue weighted by molar-refractivity contribution is 5.98. The fourth-order valence-corrected chi connectivity index (χ4v) is 3.84. The lowest BCUT2D eigenvalue weighted by molar-refractivity contribution is -0.120. The van der Waals surface area contributed by atoms with Crippen molar-refractivity contribution in [3.63, 3.8) is 0 Å². The summed E-state index contributed by atoms with van der Waals surface area (Å²) in [5, 5.41) is 7.72. The van der Waals surface area contributed by atoms with Crippen LogP contribution in [0.25, 0.3) is 0 Å². The molecule has 2 atom stereocenters. The van der Waals surface area contributed by atoms with Gasteiger partial charge in [-0.1, -0.05) is 24.3 Å². The fourth-order valence-electron chi connectivity index (χ4n) is 3.84. The van der Waals surface area contributed by atoms with Crippen LogP contribution >= 0.6 is 0 Å². The minimum absolute atomic E-state index is 0.0726. The number of amides is 1. The molecule has 1 saturated heterocycles. The maximum Gasteiger partial charge on any atom is 0.246 e. The molecular formula is C20H26N6O. The number of nitrogens with one attached hydrogen (secondary N) is 1. The Bertz CT molecular complexity index is 873. The smallest absolute Gasteiger partial charge is 0.246 e. The number of guanidine groups is 1. The molecule has 1 aromatic heterocycles. The van der Waals surface area contributed by atoms with Crippen molar-refractivity contribution >= 4 is 17.6 Å². The van der Waals surface area contributed by atoms with E-state index in [4.69, 9.17) is 0 Å². The first-order valence-electron chi connectivity index (χ1n) is 9.39. The third-order valence-corrected chi connectivity index (χ3v) is 5.43. The molecule has 2 aliphatic rings. The van der Waals surface area contributed by atoms with E-state index in [1.165, 1.54) is 11.1 Å². The maximum absolute atomic E-state index is 12.6. The van der Waals surface area contributed by atoms with Gasteiger partial charge in [-0.05, 0) is 24.5 Å². The summed E-state index contributed by atoms with van der Waals surface area (Å²) in [7, 11) is 3.64. The maximum atomic E-state index is 12.6. The number of piperazine rings is 1. The Morgan fingerprint density at radius 1 is 1.30 bits per heavy atom. The van der Waals surface area contributed by atoms with Crippen LogP contribution in [0, 0.1) is 6.92 Å². The number of aliphatic imine (C=N–C) groups is 1. The predicted octanol–water partition coefficient (Wildman–Crippen LogP) is 1.51. The Morgan fingerprint density at radius 2 is 2.11 bits per heavy atom. The lowest BCUT2D eigenvalue weighted by Gasteiger charge is -2.35. The van der Waals surface area contributed by atoms with E-state index in [9.17, 15) is 4.79 Å². The van der Waals surface area contributed by atoms with E-state index in [0.717, 1.165) is 24.6 Å². The molecule has 27 heavy (non-hydrogen) atoms. The molecule has 7 nitrogen and oxygen atoms in total. The minimum Gasteiger partial charge on any atom is -0.353 e. The molecule has 1 saturated carbocycles. The molecule has 4 rings (SSSR count). The highest BCUT2D eigenvalue weighted by atomic mass is 16.2. The lowest BCUT2D eigenvalue weighted by Crippen LogP contribution is -2.55. The molecular weight excluding hydrogens is 340 g/mol. The summed E-state index contributed by atoms with van der Waals surface area (Å²) in [6.07, 6.45) is 4.71. The van der Waals surface area contributed by atoms with Crippen LogP contribution in [-0.2, 0) is 11.8 Å². The van der Waals surface area contributed by atoms with Crippen LogP contribution in [-0.4, -0.2) is 59.3 Å². The molecule has 1 aliphatic carbocycles. The molecule has 2 heterocycles. The third kappa shape index (κ3) is 3.54. The Kier molecular flexibility index (Phi) is 4.59. The number of rotatable bonds is 3. The number of aryl methyl sites for hydroxylation is 2. The van der Waals surface area contributed by atoms with E-state index >= 15 is 0 Å². The van der Waals surface area contributed by atoms with Crippen molar-refractivity contribution in [1.82, 2.24) is 20.0 Å². The minimum atomic E-state index is 0.0726. The van der Waals surface area contributed by atoms with Crippen LogP contribution < -0.4 is 10.2 Å². The second-order valence-corrected chi connectivity index (χ2v) is 7.34. The van der Waals surface area contributed by atoms with Gasteiger partial charge < -0.3 is 15.1 Å². The fraction of sp³-hybridized carbons (Fsp3) is 0.450. The summed E-state index contributed by atoms with van der Waals surface area (Å²) in [6, 6.07) is 8.94. The molecule has 7 heteroatoms. The van der Waals surface area contributed by atoms with E-state index in [2.05, 4.69) is 46.6 Å². The van der Waals surface area contributed by atoms with Crippen LogP contribution in [0.4, 0.5) is 5.69 Å². The van der Waals surface area contributed by atoms with Gasteiger partial charge in [-0.15, -0.1) is 0 Å². The molecule has 2 fully saturated rings. The lowest BCUT2D eigenvalue weighted by atomic mass is 10.0. The monoisotopic (exact) mass is 366 g/mol. The van der Waals surface area contributed by atoms with Crippen LogP contribution in [0.1, 0.15) is 23.5 Å². The second kappa shape index (κ2) is 7.06. The van der Waals surface area contributed by atoms with Gasteiger partial charge in [-0.3, -0.25) is 14.5 Å². The van der Waals surface area contributed by atoms with Crippen molar-refractivity contribution in [3.8, 4) is 0 Å². The summed E-state index contributed by atoms with van der Waals surface area (Å²) in [5.74, 6) is 1.41. The number of hydrogen-bond donors (Lipinski definition) is 1. The number of hydrogen-bond acceptors (Lipinski definition) is 3. The first kappa shape index (κ1) is 17.6. The van der Waals surface area contributed by atoms with E-state index in [-0.39, 0.29) is 5.91 Å². The van der Waals surface area contributed by atoms with Crippen molar-refractivity contribution in [2.45, 2.75) is 25.3 Å². The zero-order chi connectivity index (χ0) is 19.0. The second-order valence-electron chi connectivity index (χ2n) is 7.34. The van der Waals surface area contributed by atoms with Crippen molar-refractivity contribution in [2.75, 3.05) is 31.6 Å². The Hall–Kier alpha value is -2.83. The van der Waals surface area contributed by atoms with Gasteiger partial charge in [0.25, 0.3) is 0 Å². The Balaban J connectivity index is 1.37. The van der Waals surface area contributed by atoms with E-state index in [0.29, 0.717) is 25.0 Å². The number of carbonyl (C=O) groups is 1. The van der Waals surface area contributed by atoms with Crippen LogP contribution in [0.5, 0.6) is 0 Å². The highest BCUT2D eigenvalue weighted by Gasteiger charge is 2.40. The Labute approximate surface area is 159 Å². The average Bonchev–Trinajstić information content (AvgIpc) is 3.29. The molecule has 0 bridgehead atoms. The van der Waals surface area contributed by atoms with Gasteiger partial charge in [0.2, 0.25) is 5.91 Å². The van der Waals surface area contributed by atoms with Crippen LogP contribution in [0.2, 0.25) is 0 Å². The van der Waals surface area contributed by atoms with Crippen molar-refractivity contribution < 1.29 is 4.79 Å². The molecule has 0 radical (unpaired) electrons. The normalized spacial score (nSPS) is 22.9. The number of carbonyl (C=O) groups excluding carboxylic acids is 1. The van der Waals surface area contributed by atoms with E-state index < -0.39 is 0 Å². The number of benzene rings is 1. The van der Waals surface area contributed by atoms with Crippen molar-refractivity contribution in [3.05, 3.63) is 47.8 Å². The molecule has 2 unspecified atom stereocenters. The summed E-state index contributed by atoms with van der Waals surface area (Å²) in [6.45, 7) is 3.88. The van der Waals surface area contributed by atoms with Gasteiger partial charge in [-0.2, -0.15) is 5.10 Å². The van der Waals surface area contributed by atoms with Gasteiger partial charge in [-0.25, -0.2) is 0 Å². The largest absolute Gasteiger partial charge is 0.353 e. The summed E-state index contributed by atoms with van der Waals surface area (Å²) >= 11 is 0. The topological polar surface area (TPSA) is 65.8 Å². The summed E-state index contributed by atoms with van der Waals surface area (Å²) in [5.41, 5.74) is 3.59. The predicted molar refractivity (Wildman–Crippen MR) is 106 cm³/mol. The number of anilines is 1. The zero-order valence-electron chi connectivity index (χ0n) is 16.1. The molecule has 1 N–H and O–H groups in total. The first-order valence-corrected chi connectivity index (χ1v) is 9.39. The molecule has 0 spiro atoms. The van der Waals surface area contributed by atoms with Gasteiger partial charge in [0.15, 0.2) is 5.96 Å². The first-order chi connectivity index (χ1) is 13.1. The van der Waals surface area contributed by atoms with Gasteiger partial charge in [0.05, 0.1) is 11.9 Å². The quantitative estimate of drug-likeness (QED) is 0.661. The molecule has 142 valence electrons. The van der Waals surface area contributed by atoms with Crippen molar-refractivity contribution in [1.29, 1.82) is 0 Å². The van der Waals surface area contributed by atoms with Gasteiger partial charge in [0.1, 0.15) is 6.54 Å². The third-order valence-electron chi connectivity index (χ3n) is 5.43. The number of nitrogens with zero attached hydrogens (tertiary/aromatic N) is 5. The van der Waals surface area contributed by atoms with Crippen LogP contribution in [0.3, 0.4) is 0 Å².